The highest BCUT2D eigenvalue weighted by Crippen LogP contribution is 2.32. The Hall–Kier alpha value is -4.06. The van der Waals surface area contributed by atoms with Gasteiger partial charge in [0, 0.05) is 34.1 Å². The molecule has 36 heavy (non-hydrogen) atoms. The number of para-hydroxylation sites is 2. The molecule has 6 heteroatoms. The Labute approximate surface area is 208 Å². The highest BCUT2D eigenvalue weighted by Gasteiger charge is 2.22. The van der Waals surface area contributed by atoms with E-state index in [0.29, 0.717) is 17.5 Å². The molecule has 2 aromatic heterocycles. The van der Waals surface area contributed by atoms with Crippen LogP contribution in [-0.2, 0) is 6.54 Å². The predicted octanol–water partition coefficient (Wildman–Crippen LogP) is 6.47. The zero-order valence-electron chi connectivity index (χ0n) is 20.0. The number of hydrogen-bond acceptors (Lipinski definition) is 3. The summed E-state index contributed by atoms with van der Waals surface area (Å²) < 4.78 is 17.9. The minimum Gasteiger partial charge on any atom is -0.342 e. The van der Waals surface area contributed by atoms with E-state index in [1.807, 2.05) is 65.4 Å². The lowest BCUT2D eigenvalue weighted by molar-refractivity contribution is 0.416. The van der Waals surface area contributed by atoms with Gasteiger partial charge in [-0.05, 0) is 37.1 Å². The van der Waals surface area contributed by atoms with Crippen molar-refractivity contribution in [3.05, 3.63) is 112 Å². The van der Waals surface area contributed by atoms with Crippen LogP contribution in [0.4, 0.5) is 4.39 Å². The normalized spacial score (nSPS) is 14.8. The average Bonchev–Trinajstić information content (AvgIpc) is 3.27. The van der Waals surface area contributed by atoms with Crippen LogP contribution in [0, 0.1) is 5.82 Å². The quantitative estimate of drug-likeness (QED) is 0.272. The Morgan fingerprint density at radius 3 is 2.47 bits per heavy atom. The molecule has 0 saturated heterocycles. The molecule has 0 aliphatic heterocycles. The third kappa shape index (κ3) is 4.13. The monoisotopic (exact) mass is 478 g/mol. The van der Waals surface area contributed by atoms with Gasteiger partial charge in [0.15, 0.2) is 0 Å². The summed E-state index contributed by atoms with van der Waals surface area (Å²) in [5.41, 5.74) is 3.05. The average molecular weight is 479 g/mol. The van der Waals surface area contributed by atoms with Gasteiger partial charge in [-0.15, -0.1) is 0 Å². The summed E-state index contributed by atoms with van der Waals surface area (Å²) in [7, 11) is 0. The molecule has 1 aliphatic carbocycles. The zero-order chi connectivity index (χ0) is 24.5. The van der Waals surface area contributed by atoms with Crippen molar-refractivity contribution in [2.24, 2.45) is 5.10 Å². The van der Waals surface area contributed by atoms with Gasteiger partial charge < -0.3 is 4.57 Å². The number of hydrogen-bond donors (Lipinski definition) is 0. The topological polar surface area (TPSA) is 52.2 Å². The van der Waals surface area contributed by atoms with E-state index < -0.39 is 0 Å². The molecule has 0 spiro atoms. The standard InChI is InChI=1S/C30H27FN4O/c31-26-15-7-4-12-22(26)19-34-20-23(24-13-6-9-17-28(24)34)18-32-35-29(21-10-2-1-3-11-21)33-27-16-8-5-14-25(27)30(35)36/h4-9,12-18,20-21H,1-3,10-11,19H2. The van der Waals surface area contributed by atoms with Crippen molar-refractivity contribution < 1.29 is 4.39 Å². The summed E-state index contributed by atoms with van der Waals surface area (Å²) in [4.78, 5) is 18.4. The van der Waals surface area contributed by atoms with Crippen LogP contribution in [0.5, 0.6) is 0 Å². The van der Waals surface area contributed by atoms with Gasteiger partial charge in [-0.2, -0.15) is 9.78 Å². The third-order valence-corrected chi connectivity index (χ3v) is 7.18. The predicted molar refractivity (Wildman–Crippen MR) is 142 cm³/mol. The number of rotatable bonds is 5. The largest absolute Gasteiger partial charge is 0.342 e. The van der Waals surface area contributed by atoms with Crippen molar-refractivity contribution in [2.75, 3.05) is 0 Å². The van der Waals surface area contributed by atoms with Crippen LogP contribution in [-0.4, -0.2) is 20.4 Å². The lowest BCUT2D eigenvalue weighted by Gasteiger charge is -2.22. The van der Waals surface area contributed by atoms with E-state index in [1.165, 1.54) is 17.2 Å². The lowest BCUT2D eigenvalue weighted by atomic mass is 9.88. The molecule has 6 rings (SSSR count). The summed E-state index contributed by atoms with van der Waals surface area (Å²) in [5, 5.41) is 6.28. The zero-order valence-corrected chi connectivity index (χ0v) is 20.0. The second-order valence-corrected chi connectivity index (χ2v) is 9.50. The van der Waals surface area contributed by atoms with Gasteiger partial charge in [0.2, 0.25) is 0 Å². The first-order valence-electron chi connectivity index (χ1n) is 12.6. The number of nitrogens with zero attached hydrogens (tertiary/aromatic N) is 4. The van der Waals surface area contributed by atoms with Crippen molar-refractivity contribution in [3.8, 4) is 0 Å². The van der Waals surface area contributed by atoms with Crippen molar-refractivity contribution in [3.63, 3.8) is 0 Å². The van der Waals surface area contributed by atoms with Crippen LogP contribution < -0.4 is 5.56 Å². The highest BCUT2D eigenvalue weighted by molar-refractivity contribution is 5.99. The number of fused-ring (bicyclic) bond motifs is 2. The fraction of sp³-hybridized carbons (Fsp3) is 0.233. The molecule has 0 amide bonds. The molecule has 180 valence electrons. The summed E-state index contributed by atoms with van der Waals surface area (Å²) in [6.45, 7) is 0.409. The smallest absolute Gasteiger partial charge is 0.282 e. The maximum atomic E-state index is 14.4. The van der Waals surface area contributed by atoms with E-state index in [1.54, 1.807) is 18.3 Å². The van der Waals surface area contributed by atoms with E-state index in [4.69, 9.17) is 10.1 Å². The molecule has 1 aliphatic rings. The molecular formula is C30H27FN4O. The van der Waals surface area contributed by atoms with Crippen LogP contribution >= 0.6 is 0 Å². The van der Waals surface area contributed by atoms with E-state index >= 15 is 0 Å². The van der Waals surface area contributed by atoms with Gasteiger partial charge in [0.05, 0.1) is 23.7 Å². The van der Waals surface area contributed by atoms with Crippen LogP contribution in [0.2, 0.25) is 0 Å². The number of halogens is 1. The first-order chi connectivity index (χ1) is 17.7. The van der Waals surface area contributed by atoms with E-state index in [0.717, 1.165) is 53.5 Å². The molecule has 0 unspecified atom stereocenters. The summed E-state index contributed by atoms with van der Waals surface area (Å²) >= 11 is 0. The maximum Gasteiger partial charge on any atom is 0.282 e. The molecule has 5 aromatic rings. The van der Waals surface area contributed by atoms with Crippen LogP contribution in [0.15, 0.2) is 88.9 Å². The second-order valence-electron chi connectivity index (χ2n) is 9.50. The molecule has 0 N–H and O–H groups in total. The maximum absolute atomic E-state index is 14.4. The Bertz CT molecular complexity index is 1640. The van der Waals surface area contributed by atoms with Gasteiger partial charge in [-0.25, -0.2) is 9.37 Å². The van der Waals surface area contributed by atoms with E-state index in [-0.39, 0.29) is 17.3 Å². The minimum absolute atomic E-state index is 0.146. The van der Waals surface area contributed by atoms with E-state index in [2.05, 4.69) is 0 Å². The SMILES string of the molecule is O=c1c2ccccc2nc(C2CCCCC2)n1N=Cc1cn(Cc2ccccc2F)c2ccccc12. The van der Waals surface area contributed by atoms with E-state index in [9.17, 15) is 9.18 Å². The van der Waals surface area contributed by atoms with Crippen molar-refractivity contribution in [1.29, 1.82) is 0 Å². The third-order valence-electron chi connectivity index (χ3n) is 7.18. The van der Waals surface area contributed by atoms with Gasteiger partial charge in [0.25, 0.3) is 5.56 Å². The first-order valence-corrected chi connectivity index (χ1v) is 12.6. The molecule has 0 atom stereocenters. The minimum atomic E-state index is -0.226. The summed E-state index contributed by atoms with van der Waals surface area (Å²) in [5.74, 6) is 0.733. The van der Waals surface area contributed by atoms with Crippen molar-refractivity contribution >= 4 is 28.0 Å². The molecule has 0 radical (unpaired) electrons. The number of aromatic nitrogens is 3. The lowest BCUT2D eigenvalue weighted by Crippen LogP contribution is -2.25. The Kier molecular flexibility index (Phi) is 5.93. The first kappa shape index (κ1) is 22.4. The Morgan fingerprint density at radius 1 is 0.917 bits per heavy atom. The van der Waals surface area contributed by atoms with Crippen molar-refractivity contribution in [1.82, 2.24) is 14.2 Å². The van der Waals surface area contributed by atoms with Crippen LogP contribution in [0.1, 0.15) is 55.0 Å². The molecule has 5 nitrogen and oxygen atoms in total. The molecular weight excluding hydrogens is 451 g/mol. The Morgan fingerprint density at radius 2 is 1.64 bits per heavy atom. The molecule has 1 saturated carbocycles. The van der Waals surface area contributed by atoms with Crippen molar-refractivity contribution in [2.45, 2.75) is 44.6 Å². The molecule has 3 aromatic carbocycles. The fourth-order valence-electron chi connectivity index (χ4n) is 5.32. The van der Waals surface area contributed by atoms with Gasteiger partial charge in [-0.3, -0.25) is 4.79 Å². The fourth-order valence-corrected chi connectivity index (χ4v) is 5.32. The number of benzene rings is 3. The van der Waals surface area contributed by atoms with Gasteiger partial charge >= 0.3 is 0 Å². The van der Waals surface area contributed by atoms with Crippen LogP contribution in [0.25, 0.3) is 21.8 Å². The summed E-state index contributed by atoms with van der Waals surface area (Å²) in [6.07, 6.45) is 9.25. The highest BCUT2D eigenvalue weighted by atomic mass is 19.1. The summed E-state index contributed by atoms with van der Waals surface area (Å²) in [6, 6.07) is 22.3. The molecule has 2 heterocycles. The second kappa shape index (κ2) is 9.53. The van der Waals surface area contributed by atoms with Gasteiger partial charge in [-0.1, -0.05) is 67.8 Å². The Balaban J connectivity index is 1.45. The molecule has 1 fully saturated rings. The van der Waals surface area contributed by atoms with Crippen LogP contribution in [0.3, 0.4) is 0 Å². The molecule has 0 bridgehead atoms. The van der Waals surface area contributed by atoms with Gasteiger partial charge in [0.1, 0.15) is 11.6 Å².